The summed E-state index contributed by atoms with van der Waals surface area (Å²) in [5.74, 6) is -5.26. The summed E-state index contributed by atoms with van der Waals surface area (Å²) in [5, 5.41) is 21.7. The van der Waals surface area contributed by atoms with Gasteiger partial charge in [0.15, 0.2) is 23.0 Å². The molecule has 0 saturated heterocycles. The van der Waals surface area contributed by atoms with Crippen molar-refractivity contribution in [1.82, 2.24) is 5.32 Å². The molecule has 0 aliphatic rings. The summed E-state index contributed by atoms with van der Waals surface area (Å²) in [5.41, 5.74) is -2.97. The molecule has 0 aromatic heterocycles. The van der Waals surface area contributed by atoms with Crippen LogP contribution in [0.4, 0.5) is 28.0 Å². The molecule has 7 nitrogen and oxygen atoms in total. The Kier molecular flexibility index (Phi) is 5.73. The van der Waals surface area contributed by atoms with E-state index in [4.69, 9.17) is 5.11 Å². The number of carboxylic acid groups (broad SMARTS) is 1. The summed E-state index contributed by atoms with van der Waals surface area (Å²) in [6.07, 6.45) is 0. The standard InChI is InChI=1S/C12H12F4N2O5/c1-12(22,9(19)20)4-17-11(21)18-7-2-6(14)8(3-5(7)13)23-10(15)16/h2-3,10,22H,4H2,1H3,(H,19,20)(H2,17,18,21). The minimum atomic E-state index is -3.36. The van der Waals surface area contributed by atoms with Gasteiger partial charge in [0.1, 0.15) is 0 Å². The lowest BCUT2D eigenvalue weighted by molar-refractivity contribution is -0.155. The van der Waals surface area contributed by atoms with Gasteiger partial charge in [-0.15, -0.1) is 0 Å². The third-order valence-electron chi connectivity index (χ3n) is 2.54. The molecule has 128 valence electrons. The number of nitrogens with one attached hydrogen (secondary N) is 2. The van der Waals surface area contributed by atoms with Crippen molar-refractivity contribution in [3.63, 3.8) is 0 Å². The van der Waals surface area contributed by atoms with Crippen LogP contribution in [0.25, 0.3) is 0 Å². The van der Waals surface area contributed by atoms with Gasteiger partial charge in [0.05, 0.1) is 12.2 Å². The first kappa shape index (κ1) is 18.5. The predicted molar refractivity (Wildman–Crippen MR) is 68.3 cm³/mol. The summed E-state index contributed by atoms with van der Waals surface area (Å²) in [4.78, 5) is 22.1. The van der Waals surface area contributed by atoms with Crippen LogP contribution in [0.2, 0.25) is 0 Å². The van der Waals surface area contributed by atoms with Gasteiger partial charge < -0.3 is 25.6 Å². The maximum absolute atomic E-state index is 13.6. The molecule has 0 aliphatic heterocycles. The molecule has 0 fully saturated rings. The molecule has 1 aromatic carbocycles. The number of aliphatic hydroxyl groups is 1. The van der Waals surface area contributed by atoms with E-state index in [1.165, 1.54) is 0 Å². The Morgan fingerprint density at radius 2 is 1.91 bits per heavy atom. The largest absolute Gasteiger partial charge is 0.479 e. The minimum absolute atomic E-state index is 0.310. The smallest absolute Gasteiger partial charge is 0.387 e. The highest BCUT2D eigenvalue weighted by Gasteiger charge is 2.30. The maximum Gasteiger partial charge on any atom is 0.387 e. The van der Waals surface area contributed by atoms with Gasteiger partial charge in [-0.2, -0.15) is 8.78 Å². The van der Waals surface area contributed by atoms with Crippen molar-refractivity contribution in [1.29, 1.82) is 0 Å². The van der Waals surface area contributed by atoms with Crippen LogP contribution >= 0.6 is 0 Å². The van der Waals surface area contributed by atoms with Crippen LogP contribution in [0.1, 0.15) is 6.92 Å². The molecule has 0 saturated carbocycles. The van der Waals surface area contributed by atoms with Crippen LogP contribution in [0.3, 0.4) is 0 Å². The molecule has 0 radical (unpaired) electrons. The number of carbonyl (C=O) groups excluding carboxylic acids is 1. The monoisotopic (exact) mass is 340 g/mol. The Balaban J connectivity index is 2.76. The number of benzene rings is 1. The van der Waals surface area contributed by atoms with E-state index in [2.05, 4.69) is 4.74 Å². The number of carbonyl (C=O) groups is 2. The van der Waals surface area contributed by atoms with Crippen LogP contribution < -0.4 is 15.4 Å². The van der Waals surface area contributed by atoms with Gasteiger partial charge in [0.25, 0.3) is 0 Å². The zero-order valence-electron chi connectivity index (χ0n) is 11.6. The van der Waals surface area contributed by atoms with Crippen molar-refractivity contribution in [2.24, 2.45) is 0 Å². The SMILES string of the molecule is CC(O)(CNC(=O)Nc1cc(F)c(OC(F)F)cc1F)C(=O)O. The fourth-order valence-electron chi connectivity index (χ4n) is 1.31. The minimum Gasteiger partial charge on any atom is -0.479 e. The lowest BCUT2D eigenvalue weighted by Crippen LogP contribution is -2.47. The molecule has 0 heterocycles. The van der Waals surface area contributed by atoms with Crippen molar-refractivity contribution in [3.8, 4) is 5.75 Å². The zero-order chi connectivity index (χ0) is 17.8. The quantitative estimate of drug-likeness (QED) is 0.587. The lowest BCUT2D eigenvalue weighted by atomic mass is 10.1. The van der Waals surface area contributed by atoms with Crippen molar-refractivity contribution < 1.29 is 42.1 Å². The van der Waals surface area contributed by atoms with Crippen LogP contribution in [-0.4, -0.2) is 41.0 Å². The van der Waals surface area contributed by atoms with Gasteiger partial charge in [0, 0.05) is 12.1 Å². The zero-order valence-corrected chi connectivity index (χ0v) is 11.6. The average molecular weight is 340 g/mol. The summed E-state index contributed by atoms with van der Waals surface area (Å²) in [6, 6.07) is -0.431. The number of aliphatic carboxylic acids is 1. The number of hydrogen-bond acceptors (Lipinski definition) is 4. The van der Waals surface area contributed by atoms with E-state index >= 15 is 0 Å². The second kappa shape index (κ2) is 7.13. The molecule has 0 bridgehead atoms. The second-order valence-electron chi connectivity index (χ2n) is 4.53. The van der Waals surface area contributed by atoms with Gasteiger partial charge in [-0.25, -0.2) is 18.4 Å². The van der Waals surface area contributed by atoms with Crippen molar-refractivity contribution in [2.75, 3.05) is 11.9 Å². The molecule has 1 unspecified atom stereocenters. The molecule has 1 aromatic rings. The number of alkyl halides is 2. The molecule has 0 spiro atoms. The number of halogens is 4. The normalized spacial score (nSPS) is 13.3. The van der Waals surface area contributed by atoms with Crippen molar-refractivity contribution >= 4 is 17.7 Å². The molecule has 1 rings (SSSR count). The van der Waals surface area contributed by atoms with E-state index in [0.29, 0.717) is 12.1 Å². The summed E-state index contributed by atoms with van der Waals surface area (Å²) in [6.45, 7) is -3.17. The Morgan fingerprint density at radius 3 is 2.43 bits per heavy atom. The number of carboxylic acids is 1. The van der Waals surface area contributed by atoms with Crippen LogP contribution in [-0.2, 0) is 4.79 Å². The van der Waals surface area contributed by atoms with Gasteiger partial charge in [-0.05, 0) is 6.92 Å². The van der Waals surface area contributed by atoms with E-state index in [1.54, 1.807) is 0 Å². The van der Waals surface area contributed by atoms with E-state index in [-0.39, 0.29) is 0 Å². The van der Waals surface area contributed by atoms with Crippen molar-refractivity contribution in [2.45, 2.75) is 19.1 Å². The molecule has 2 amide bonds. The number of hydrogen-bond donors (Lipinski definition) is 4. The van der Waals surface area contributed by atoms with Gasteiger partial charge in [-0.3, -0.25) is 0 Å². The summed E-state index contributed by atoms with van der Waals surface area (Å²) in [7, 11) is 0. The number of ether oxygens (including phenoxy) is 1. The van der Waals surface area contributed by atoms with E-state index in [9.17, 15) is 32.3 Å². The first-order chi connectivity index (χ1) is 10.5. The average Bonchev–Trinajstić information content (AvgIpc) is 2.41. The van der Waals surface area contributed by atoms with Gasteiger partial charge >= 0.3 is 18.6 Å². The van der Waals surface area contributed by atoms with E-state index < -0.39 is 53.8 Å². The maximum atomic E-state index is 13.6. The first-order valence-electron chi connectivity index (χ1n) is 5.97. The number of rotatable bonds is 6. The highest BCUT2D eigenvalue weighted by molar-refractivity contribution is 5.90. The topological polar surface area (TPSA) is 108 Å². The van der Waals surface area contributed by atoms with E-state index in [1.807, 2.05) is 10.6 Å². The van der Waals surface area contributed by atoms with Crippen LogP contribution in [0.15, 0.2) is 12.1 Å². The molecule has 4 N–H and O–H groups in total. The van der Waals surface area contributed by atoms with Crippen LogP contribution in [0, 0.1) is 11.6 Å². The molecule has 11 heteroatoms. The Morgan fingerprint density at radius 1 is 1.30 bits per heavy atom. The number of amides is 2. The van der Waals surface area contributed by atoms with Gasteiger partial charge in [0.2, 0.25) is 0 Å². The number of anilines is 1. The fraction of sp³-hybridized carbons (Fsp3) is 0.333. The Bertz CT molecular complexity index is 609. The lowest BCUT2D eigenvalue weighted by Gasteiger charge is -2.18. The van der Waals surface area contributed by atoms with Gasteiger partial charge in [-0.1, -0.05) is 0 Å². The Hall–Kier alpha value is -2.56. The Labute approximate surface area is 126 Å². The molecule has 0 aliphatic carbocycles. The van der Waals surface area contributed by atoms with Crippen LogP contribution in [0.5, 0.6) is 5.75 Å². The number of urea groups is 1. The first-order valence-corrected chi connectivity index (χ1v) is 5.97. The molecular formula is C12H12F4N2O5. The third-order valence-corrected chi connectivity index (χ3v) is 2.54. The summed E-state index contributed by atoms with van der Waals surface area (Å²) >= 11 is 0. The van der Waals surface area contributed by atoms with Crippen molar-refractivity contribution in [3.05, 3.63) is 23.8 Å². The van der Waals surface area contributed by atoms with E-state index in [0.717, 1.165) is 6.92 Å². The second-order valence-corrected chi connectivity index (χ2v) is 4.53. The third kappa shape index (κ3) is 5.29. The summed E-state index contributed by atoms with van der Waals surface area (Å²) < 4.78 is 54.6. The highest BCUT2D eigenvalue weighted by Crippen LogP contribution is 2.26. The fourth-order valence-corrected chi connectivity index (χ4v) is 1.31. The predicted octanol–water partition coefficient (Wildman–Crippen LogP) is 1.52. The molecular weight excluding hydrogens is 328 g/mol. The molecule has 1 atom stereocenters. The molecule has 23 heavy (non-hydrogen) atoms. The highest BCUT2D eigenvalue weighted by atomic mass is 19.3.